The molecule has 0 spiro atoms. The van der Waals surface area contributed by atoms with Gasteiger partial charge in [0, 0.05) is 154 Å². The number of aromatic nitrogens is 16. The van der Waals surface area contributed by atoms with Crippen LogP contribution in [0.3, 0.4) is 0 Å². The van der Waals surface area contributed by atoms with Gasteiger partial charge in [0.2, 0.25) is 0 Å². The van der Waals surface area contributed by atoms with Gasteiger partial charge in [-0.25, -0.2) is 39.9 Å². The molecule has 8 aliphatic rings. The van der Waals surface area contributed by atoms with Crippen LogP contribution in [-0.2, 0) is 25.7 Å². The summed E-state index contributed by atoms with van der Waals surface area (Å²) in [6.07, 6.45) is 15.9. The van der Waals surface area contributed by atoms with Crippen molar-refractivity contribution in [2.45, 2.75) is 134 Å². The molecule has 16 heteroatoms. The molecule has 8 aromatic carbocycles. The first kappa shape index (κ1) is 91.4. The van der Waals surface area contributed by atoms with Crippen LogP contribution < -0.4 is 0 Å². The minimum Gasteiger partial charge on any atom is -0.355 e. The van der Waals surface area contributed by atoms with Gasteiger partial charge in [-0.3, -0.25) is 0 Å². The number of nitrogens with zero attached hydrogens (tertiary/aromatic N) is 8. The number of fused-ring (bicyclic) bond motifs is 56. The van der Waals surface area contributed by atoms with Gasteiger partial charge in [0.1, 0.15) is 0 Å². The topological polar surface area (TPSA) is 229 Å². The normalized spacial score (nSPS) is 12.6. The Balaban J connectivity index is 0.000000104. The fraction of sp³-hybridized carbons (Fsp3) is 0.152. The maximum Gasteiger partial charge on any atom is 0.0766 e. The van der Waals surface area contributed by atoms with Gasteiger partial charge in [-0.1, -0.05) is 250 Å². The molecule has 720 valence electrons. The summed E-state index contributed by atoms with van der Waals surface area (Å²) in [5, 5.41) is 9.42. The van der Waals surface area contributed by atoms with Crippen molar-refractivity contribution in [3.8, 4) is 90.1 Å². The molecule has 0 atom stereocenters. The SMILES string of the molecule is C1=Cc2cc3ccc(cc4ccc(cc5nc(cc1n2)C=C5)[nH]4)[nH]3.CCC1=C(CC)c2cc3[nH]c(cc4[nH]c(cc5nc(cc1n2)C(CC)=C5CC)c(CC)c4CC)c(CC)c3CC.Cc1c2nc(c(C)c3[nH]c(c(C)c4nc(c(C)c5[nH]c1c1ccccc51)-c1ccccc1-4)c1ccccc31)-c1ccccc1-2.c1ccc2c(c1)-c1cc3[nH]c(cc4nc(cc5[nH]c(cc-2n1)c1ccccc51)-c1ccccc1-4)c1ccccc31. The molecule has 12 aromatic heterocycles. The second-order valence-electron chi connectivity index (χ2n) is 39.3. The first-order chi connectivity index (χ1) is 72.6. The summed E-state index contributed by atoms with van der Waals surface area (Å²) in [5.41, 5.74) is 58.2. The zero-order valence-corrected chi connectivity index (χ0v) is 85.3. The van der Waals surface area contributed by atoms with E-state index in [9.17, 15) is 0 Å². The first-order valence-electron chi connectivity index (χ1n) is 52.3. The zero-order chi connectivity index (χ0) is 100. The standard InChI is InChI=1S/C40H30N4.C36H22N4.C36H46N4.C20H14N4/c1-21-33-25-13-5-7-15-27(25)35(41-33)22(2)37-29-17-9-11-19-31(29)39(43-37)24(4)40-32-20-12-10-18-30(32)38(44-40)23(3)36-28-16-8-6-14-26(28)34(21)42-36;1-2-10-22-21(9-1)29-17-31-23-11-3-4-12-24(23)33(38-31)19-35-27-15-7-8-16-28(27)36(40-35)20-34-26-14-6-5-13-25(26)32(39-34)18-30(22)37-29;1-9-21-22(10-2)30-18-32-25(13-5)26(14-6)34(39-32)20-36-28(16-8)27(15-7)35(40-36)19-33-24(12-4)23(11-3)31(38-33)17-29(21)37-30;1-2-14-10-16-5-6-18(23-16)12-20-8-7-19(24-20)11-17-4-3-15(22-17)9-13(1)21-14/h5-20,41,44H,1-4H3;1-20,37,40H;17-20,37-38H,9-16H2,1-8H3;1-12,21-22H. The third-order valence-corrected chi connectivity index (χ3v) is 30.8. The number of allylic oxidation sites excluding steroid dienone is 4. The molecule has 0 unspecified atom stereocenters. The first-order valence-corrected chi connectivity index (χ1v) is 52.3. The molecule has 0 amide bonds. The summed E-state index contributed by atoms with van der Waals surface area (Å²) in [6.45, 7) is 26.9. The fourth-order valence-corrected chi connectivity index (χ4v) is 23.7. The minimum absolute atomic E-state index is 0.915. The Morgan fingerprint density at radius 1 is 0.176 bits per heavy atom. The van der Waals surface area contributed by atoms with Crippen LogP contribution in [0.2, 0.25) is 0 Å². The Hall–Kier alpha value is -17.8. The predicted octanol–water partition coefficient (Wildman–Crippen LogP) is 34.5. The molecule has 32 bridgehead atoms. The lowest BCUT2D eigenvalue weighted by Crippen LogP contribution is -1.87. The Bertz CT molecular complexity index is 9040. The highest BCUT2D eigenvalue weighted by Gasteiger charge is 2.30. The van der Waals surface area contributed by atoms with E-state index in [1.54, 1.807) is 0 Å². The van der Waals surface area contributed by atoms with E-state index >= 15 is 0 Å². The summed E-state index contributed by atoms with van der Waals surface area (Å²) in [4.78, 5) is 70.6. The summed E-state index contributed by atoms with van der Waals surface area (Å²) >= 11 is 0. The summed E-state index contributed by atoms with van der Waals surface area (Å²) in [5.74, 6) is 0. The highest BCUT2D eigenvalue weighted by Crippen LogP contribution is 2.49. The number of rotatable bonds is 8. The predicted molar refractivity (Wildman–Crippen MR) is 621 cm³/mol. The quantitative estimate of drug-likeness (QED) is 0.0728. The van der Waals surface area contributed by atoms with Gasteiger partial charge in [0.25, 0.3) is 0 Å². The Labute approximate surface area is 857 Å². The van der Waals surface area contributed by atoms with Gasteiger partial charge < -0.3 is 39.9 Å². The number of nitrogens with one attached hydrogen (secondary N) is 8. The number of hydrogen-bond donors (Lipinski definition) is 8. The fourth-order valence-electron chi connectivity index (χ4n) is 23.7. The number of aromatic amines is 8. The van der Waals surface area contributed by atoms with Crippen molar-refractivity contribution in [2.24, 2.45) is 0 Å². The maximum atomic E-state index is 5.42. The van der Waals surface area contributed by atoms with E-state index in [4.69, 9.17) is 29.9 Å². The van der Waals surface area contributed by atoms with E-state index in [1.165, 1.54) is 88.2 Å². The number of hydrogen-bond acceptors (Lipinski definition) is 8. The van der Waals surface area contributed by atoms with Crippen molar-refractivity contribution in [3.63, 3.8) is 0 Å². The van der Waals surface area contributed by atoms with Crippen LogP contribution in [0.5, 0.6) is 0 Å². The molecule has 148 heavy (non-hydrogen) atoms. The molecule has 16 nitrogen and oxygen atoms in total. The number of aryl methyl sites for hydroxylation is 8. The zero-order valence-electron chi connectivity index (χ0n) is 85.3. The Morgan fingerprint density at radius 3 is 0.689 bits per heavy atom. The van der Waals surface area contributed by atoms with Crippen LogP contribution in [0.25, 0.3) is 268 Å². The van der Waals surface area contributed by atoms with Crippen molar-refractivity contribution < 1.29 is 0 Å². The molecule has 0 radical (unpaired) electrons. The summed E-state index contributed by atoms with van der Waals surface area (Å²) in [7, 11) is 0. The van der Waals surface area contributed by atoms with E-state index < -0.39 is 0 Å². The van der Waals surface area contributed by atoms with Gasteiger partial charge in [0.15, 0.2) is 0 Å². The van der Waals surface area contributed by atoms with Crippen LogP contribution in [0.15, 0.2) is 291 Å². The van der Waals surface area contributed by atoms with Gasteiger partial charge >= 0.3 is 0 Å². The van der Waals surface area contributed by atoms with E-state index in [2.05, 4.69) is 406 Å². The third-order valence-electron chi connectivity index (χ3n) is 30.8. The highest BCUT2D eigenvalue weighted by atomic mass is 14.9. The van der Waals surface area contributed by atoms with Crippen molar-refractivity contribution in [3.05, 3.63) is 381 Å². The Morgan fingerprint density at radius 2 is 0.405 bits per heavy atom. The lowest BCUT2D eigenvalue weighted by molar-refractivity contribution is 1.07. The van der Waals surface area contributed by atoms with Gasteiger partial charge in [-0.05, 0) is 267 Å². The van der Waals surface area contributed by atoms with Crippen LogP contribution in [0.4, 0.5) is 0 Å². The van der Waals surface area contributed by atoms with E-state index in [0.29, 0.717) is 0 Å². The summed E-state index contributed by atoms with van der Waals surface area (Å²) in [6, 6.07) is 103. The molecule has 0 fully saturated rings. The lowest BCUT2D eigenvalue weighted by Gasteiger charge is -2.04. The second-order valence-corrected chi connectivity index (χ2v) is 39.3. The third kappa shape index (κ3) is 15.8. The van der Waals surface area contributed by atoms with Crippen molar-refractivity contribution in [2.75, 3.05) is 0 Å². The van der Waals surface area contributed by atoms with Crippen LogP contribution in [0, 0.1) is 27.7 Å². The van der Waals surface area contributed by atoms with Gasteiger partial charge in [-0.2, -0.15) is 0 Å². The maximum absolute atomic E-state index is 5.42. The van der Waals surface area contributed by atoms with E-state index in [0.717, 1.165) is 297 Å². The van der Waals surface area contributed by atoms with E-state index in [1.807, 2.05) is 42.5 Å². The van der Waals surface area contributed by atoms with Crippen molar-refractivity contribution in [1.82, 2.24) is 79.7 Å². The number of benzene rings is 8. The lowest BCUT2D eigenvalue weighted by atomic mass is 9.97. The number of H-pyrrole nitrogens is 8. The smallest absolute Gasteiger partial charge is 0.0766 e. The molecule has 20 heterocycles. The van der Waals surface area contributed by atoms with Crippen LogP contribution in [-0.4, -0.2) is 79.7 Å². The molecule has 0 saturated carbocycles. The van der Waals surface area contributed by atoms with Crippen LogP contribution in [0.1, 0.15) is 171 Å². The van der Waals surface area contributed by atoms with E-state index in [-0.39, 0.29) is 0 Å². The Kier molecular flexibility index (Phi) is 23.1. The molecule has 0 aliphatic carbocycles. The van der Waals surface area contributed by atoms with Crippen molar-refractivity contribution >= 4 is 178 Å². The van der Waals surface area contributed by atoms with Gasteiger partial charge in [0.05, 0.1) is 113 Å². The van der Waals surface area contributed by atoms with Crippen molar-refractivity contribution in [1.29, 1.82) is 0 Å². The molecular formula is C132H112N16. The molecule has 0 saturated heterocycles. The summed E-state index contributed by atoms with van der Waals surface area (Å²) < 4.78 is 0. The average Bonchev–Trinajstić information content (AvgIpc) is 1.54. The average molecular weight is 1920 g/mol. The molecule has 20 aromatic rings. The minimum atomic E-state index is 0.915. The molecule has 8 aliphatic heterocycles. The molecular weight excluding hydrogens is 1810 g/mol. The molecule has 28 rings (SSSR count). The van der Waals surface area contributed by atoms with Gasteiger partial charge in [-0.15, -0.1) is 0 Å². The monoisotopic (exact) mass is 1920 g/mol. The largest absolute Gasteiger partial charge is 0.355 e. The molecule has 8 N–H and O–H groups in total. The highest BCUT2D eigenvalue weighted by molar-refractivity contribution is 6.15. The van der Waals surface area contributed by atoms with Crippen LogP contribution >= 0.6 is 0 Å². The second kappa shape index (κ2) is 37.4.